The van der Waals surface area contributed by atoms with Crippen LogP contribution in [0.4, 0.5) is 0 Å². The molecule has 0 bridgehead atoms. The predicted octanol–water partition coefficient (Wildman–Crippen LogP) is 4.01. The van der Waals surface area contributed by atoms with Gasteiger partial charge in [0.25, 0.3) is 0 Å². The first kappa shape index (κ1) is 12.9. The minimum Gasteiger partial charge on any atom is -0.477 e. The lowest BCUT2D eigenvalue weighted by Gasteiger charge is -2.06. The third-order valence-corrected chi connectivity index (χ3v) is 4.62. The highest BCUT2D eigenvalue weighted by Crippen LogP contribution is 2.24. The van der Waals surface area contributed by atoms with Gasteiger partial charge in [0.15, 0.2) is 0 Å². The molecule has 0 aliphatic heterocycles. The maximum atomic E-state index is 11.4. The van der Waals surface area contributed by atoms with Crippen LogP contribution in [0.1, 0.15) is 27.2 Å². The number of aryl methyl sites for hydroxylation is 1. The molecule has 0 amide bonds. The Morgan fingerprint density at radius 2 is 1.95 bits per heavy atom. The van der Waals surface area contributed by atoms with E-state index in [0.717, 1.165) is 17.3 Å². The summed E-state index contributed by atoms with van der Waals surface area (Å²) in [6, 6.07) is 13.7. The number of rotatable bonds is 4. The van der Waals surface area contributed by atoms with Crippen molar-refractivity contribution in [2.75, 3.05) is 0 Å². The zero-order chi connectivity index (χ0) is 14.1. The molecule has 0 radical (unpaired) electrons. The SMILES string of the molecule is CCc1ccc(Cn2c(C(=O)O)cc3ccccc32)s1. The van der Waals surface area contributed by atoms with Gasteiger partial charge in [0.1, 0.15) is 5.69 Å². The number of nitrogens with zero attached hydrogens (tertiary/aromatic N) is 1. The predicted molar refractivity (Wildman–Crippen MR) is 81.7 cm³/mol. The zero-order valence-electron chi connectivity index (χ0n) is 11.2. The molecular weight excluding hydrogens is 270 g/mol. The van der Waals surface area contributed by atoms with Gasteiger partial charge < -0.3 is 9.67 Å². The summed E-state index contributed by atoms with van der Waals surface area (Å²) in [6.07, 6.45) is 1.02. The molecule has 0 aliphatic rings. The van der Waals surface area contributed by atoms with Gasteiger partial charge in [-0.2, -0.15) is 0 Å². The zero-order valence-corrected chi connectivity index (χ0v) is 12.0. The standard InChI is InChI=1S/C16H15NO2S/c1-2-12-7-8-13(20-12)10-17-14-6-4-3-5-11(14)9-15(17)16(18)19/h3-9H,2,10H2,1H3,(H,18,19). The van der Waals surface area contributed by atoms with E-state index >= 15 is 0 Å². The van der Waals surface area contributed by atoms with E-state index in [4.69, 9.17) is 0 Å². The lowest BCUT2D eigenvalue weighted by atomic mass is 10.2. The first-order valence-electron chi connectivity index (χ1n) is 6.58. The molecule has 0 atom stereocenters. The molecule has 0 unspecified atom stereocenters. The topological polar surface area (TPSA) is 42.2 Å². The van der Waals surface area contributed by atoms with Crippen LogP contribution in [0.15, 0.2) is 42.5 Å². The van der Waals surface area contributed by atoms with Crippen LogP contribution < -0.4 is 0 Å². The van der Waals surface area contributed by atoms with Crippen molar-refractivity contribution in [2.24, 2.45) is 0 Å². The van der Waals surface area contributed by atoms with Crippen molar-refractivity contribution < 1.29 is 9.90 Å². The van der Waals surface area contributed by atoms with Crippen molar-refractivity contribution in [3.05, 3.63) is 57.9 Å². The molecule has 3 nitrogen and oxygen atoms in total. The van der Waals surface area contributed by atoms with Crippen molar-refractivity contribution >= 4 is 28.2 Å². The van der Waals surface area contributed by atoms with Gasteiger partial charge in [-0.15, -0.1) is 11.3 Å². The van der Waals surface area contributed by atoms with Crippen LogP contribution in [0.2, 0.25) is 0 Å². The second-order valence-electron chi connectivity index (χ2n) is 4.70. The Morgan fingerprint density at radius 3 is 2.65 bits per heavy atom. The average Bonchev–Trinajstić information content (AvgIpc) is 3.04. The maximum absolute atomic E-state index is 11.4. The number of carbonyl (C=O) groups is 1. The third kappa shape index (κ3) is 2.23. The molecule has 0 aliphatic carbocycles. The molecule has 3 rings (SSSR count). The van der Waals surface area contributed by atoms with E-state index in [1.165, 1.54) is 9.75 Å². The summed E-state index contributed by atoms with van der Waals surface area (Å²) in [4.78, 5) is 13.9. The van der Waals surface area contributed by atoms with Crippen molar-refractivity contribution in [3.63, 3.8) is 0 Å². The molecule has 0 saturated heterocycles. The number of aromatic nitrogens is 1. The number of para-hydroxylation sites is 1. The number of aromatic carboxylic acids is 1. The van der Waals surface area contributed by atoms with E-state index in [2.05, 4.69) is 19.1 Å². The van der Waals surface area contributed by atoms with Crippen molar-refractivity contribution in [3.8, 4) is 0 Å². The first-order chi connectivity index (χ1) is 9.69. The smallest absolute Gasteiger partial charge is 0.352 e. The fraction of sp³-hybridized carbons (Fsp3) is 0.188. The number of carboxylic acids is 1. The second kappa shape index (κ2) is 5.13. The molecule has 1 aromatic carbocycles. The first-order valence-corrected chi connectivity index (χ1v) is 7.40. The summed E-state index contributed by atoms with van der Waals surface area (Å²) in [5.74, 6) is -0.881. The highest BCUT2D eigenvalue weighted by molar-refractivity contribution is 7.11. The minimum atomic E-state index is -0.881. The fourth-order valence-electron chi connectivity index (χ4n) is 2.41. The summed E-state index contributed by atoms with van der Waals surface area (Å²) in [5.41, 5.74) is 1.31. The van der Waals surface area contributed by atoms with E-state index in [0.29, 0.717) is 12.2 Å². The third-order valence-electron chi connectivity index (χ3n) is 3.41. The van der Waals surface area contributed by atoms with Gasteiger partial charge in [-0.3, -0.25) is 0 Å². The number of thiophene rings is 1. The van der Waals surface area contributed by atoms with Gasteiger partial charge in [-0.1, -0.05) is 25.1 Å². The Labute approximate surface area is 121 Å². The Bertz CT molecular complexity index is 770. The highest BCUT2D eigenvalue weighted by atomic mass is 32.1. The normalized spacial score (nSPS) is 11.1. The van der Waals surface area contributed by atoms with E-state index in [-0.39, 0.29) is 0 Å². The largest absolute Gasteiger partial charge is 0.477 e. The van der Waals surface area contributed by atoms with E-state index in [1.54, 1.807) is 17.4 Å². The van der Waals surface area contributed by atoms with Crippen LogP contribution in [0.5, 0.6) is 0 Å². The van der Waals surface area contributed by atoms with Crippen LogP contribution >= 0.6 is 11.3 Å². The van der Waals surface area contributed by atoms with Gasteiger partial charge >= 0.3 is 5.97 Å². The van der Waals surface area contributed by atoms with Gasteiger partial charge in [0.2, 0.25) is 0 Å². The van der Waals surface area contributed by atoms with E-state index in [1.807, 2.05) is 28.8 Å². The lowest BCUT2D eigenvalue weighted by molar-refractivity contribution is 0.0686. The Kier molecular flexibility index (Phi) is 3.32. The molecule has 0 saturated carbocycles. The highest BCUT2D eigenvalue weighted by Gasteiger charge is 2.15. The molecule has 4 heteroatoms. The van der Waals surface area contributed by atoms with Crippen LogP contribution in [-0.2, 0) is 13.0 Å². The lowest BCUT2D eigenvalue weighted by Crippen LogP contribution is -2.08. The fourth-order valence-corrected chi connectivity index (χ4v) is 3.36. The van der Waals surface area contributed by atoms with Crippen molar-refractivity contribution in [1.82, 2.24) is 4.57 Å². The average molecular weight is 285 g/mol. The Morgan fingerprint density at radius 1 is 1.20 bits per heavy atom. The number of hydrogen-bond acceptors (Lipinski definition) is 2. The van der Waals surface area contributed by atoms with Gasteiger partial charge in [-0.05, 0) is 30.7 Å². The van der Waals surface area contributed by atoms with Crippen LogP contribution in [0.25, 0.3) is 10.9 Å². The number of hydrogen-bond donors (Lipinski definition) is 1. The van der Waals surface area contributed by atoms with Crippen molar-refractivity contribution in [1.29, 1.82) is 0 Å². The second-order valence-corrected chi connectivity index (χ2v) is 5.95. The Hall–Kier alpha value is -2.07. The van der Waals surface area contributed by atoms with E-state index in [9.17, 15) is 9.90 Å². The molecule has 2 heterocycles. The molecule has 0 spiro atoms. The number of benzene rings is 1. The molecule has 102 valence electrons. The molecule has 0 fully saturated rings. The summed E-state index contributed by atoms with van der Waals surface area (Å²) in [6.45, 7) is 2.74. The van der Waals surface area contributed by atoms with E-state index < -0.39 is 5.97 Å². The van der Waals surface area contributed by atoms with Gasteiger partial charge in [-0.25, -0.2) is 4.79 Å². The van der Waals surface area contributed by atoms with Crippen molar-refractivity contribution in [2.45, 2.75) is 19.9 Å². The van der Waals surface area contributed by atoms with Gasteiger partial charge in [0.05, 0.1) is 6.54 Å². The summed E-state index contributed by atoms with van der Waals surface area (Å²) < 4.78 is 1.88. The molecule has 20 heavy (non-hydrogen) atoms. The Balaban J connectivity index is 2.08. The quantitative estimate of drug-likeness (QED) is 0.787. The summed E-state index contributed by atoms with van der Waals surface area (Å²) >= 11 is 1.75. The van der Waals surface area contributed by atoms with Crippen LogP contribution in [0.3, 0.4) is 0 Å². The molecule has 3 aromatic rings. The van der Waals surface area contributed by atoms with Crippen LogP contribution in [-0.4, -0.2) is 15.6 Å². The maximum Gasteiger partial charge on any atom is 0.352 e. The number of fused-ring (bicyclic) bond motifs is 1. The number of carboxylic acid groups (broad SMARTS) is 1. The molecule has 1 N–H and O–H groups in total. The molecule has 2 aromatic heterocycles. The minimum absolute atomic E-state index is 0.345. The molecular formula is C16H15NO2S. The monoisotopic (exact) mass is 285 g/mol. The van der Waals surface area contributed by atoms with Gasteiger partial charge in [0, 0.05) is 20.7 Å². The summed E-state index contributed by atoms with van der Waals surface area (Å²) in [5, 5.41) is 10.3. The summed E-state index contributed by atoms with van der Waals surface area (Å²) in [7, 11) is 0. The van der Waals surface area contributed by atoms with Crippen LogP contribution in [0, 0.1) is 0 Å².